The van der Waals surface area contributed by atoms with Gasteiger partial charge in [0.1, 0.15) is 0 Å². The summed E-state index contributed by atoms with van der Waals surface area (Å²) in [7, 11) is 0. The van der Waals surface area contributed by atoms with Crippen molar-refractivity contribution in [2.75, 3.05) is 6.54 Å². The Kier molecular flexibility index (Phi) is 2.45. The summed E-state index contributed by atoms with van der Waals surface area (Å²) in [5.74, 6) is 0.536. The maximum atomic E-state index is 5.45. The van der Waals surface area contributed by atoms with Gasteiger partial charge in [-0.2, -0.15) is 0 Å². The van der Waals surface area contributed by atoms with Crippen LogP contribution in [0.15, 0.2) is 18.7 Å². The van der Waals surface area contributed by atoms with Crippen LogP contribution >= 0.6 is 0 Å². The Morgan fingerprint density at radius 3 is 3.00 bits per heavy atom. The summed E-state index contributed by atoms with van der Waals surface area (Å²) >= 11 is 0. The van der Waals surface area contributed by atoms with Crippen molar-refractivity contribution >= 4 is 0 Å². The molecule has 1 heterocycles. The second-order valence-corrected chi connectivity index (χ2v) is 2.60. The average Bonchev–Trinajstić information content (AvgIpc) is 2.40. The summed E-state index contributed by atoms with van der Waals surface area (Å²) in [5.41, 5.74) is 5.45. The minimum Gasteiger partial charge on any atom is -0.337 e. The number of aromatic nitrogens is 2. The van der Waals surface area contributed by atoms with Crippen LogP contribution in [0.1, 0.15) is 6.92 Å². The van der Waals surface area contributed by atoms with Crippen LogP contribution < -0.4 is 5.73 Å². The Morgan fingerprint density at radius 2 is 2.50 bits per heavy atom. The normalized spacial score (nSPS) is 13.4. The molecule has 1 rings (SSSR count). The quantitative estimate of drug-likeness (QED) is 0.661. The van der Waals surface area contributed by atoms with E-state index in [1.54, 1.807) is 6.20 Å². The fourth-order valence-electron chi connectivity index (χ4n) is 0.829. The number of nitrogens with two attached hydrogens (primary N) is 1. The second-order valence-electron chi connectivity index (χ2n) is 2.60. The largest absolute Gasteiger partial charge is 0.337 e. The highest BCUT2D eigenvalue weighted by Crippen LogP contribution is 1.96. The first kappa shape index (κ1) is 7.28. The van der Waals surface area contributed by atoms with E-state index in [1.807, 2.05) is 17.1 Å². The number of hydrogen-bond donors (Lipinski definition) is 1. The van der Waals surface area contributed by atoms with E-state index in [1.165, 1.54) is 0 Å². The average molecular weight is 139 g/mol. The molecule has 1 atom stereocenters. The predicted molar refractivity (Wildman–Crippen MR) is 40.4 cm³/mol. The Hall–Kier alpha value is -0.830. The zero-order valence-corrected chi connectivity index (χ0v) is 6.20. The lowest BCUT2D eigenvalue weighted by Gasteiger charge is -2.07. The molecule has 0 aliphatic rings. The van der Waals surface area contributed by atoms with Gasteiger partial charge < -0.3 is 10.3 Å². The van der Waals surface area contributed by atoms with Crippen molar-refractivity contribution in [1.29, 1.82) is 0 Å². The first-order chi connectivity index (χ1) is 4.83. The van der Waals surface area contributed by atoms with Crippen molar-refractivity contribution in [3.05, 3.63) is 18.7 Å². The van der Waals surface area contributed by atoms with Crippen molar-refractivity contribution in [3.63, 3.8) is 0 Å². The van der Waals surface area contributed by atoms with Gasteiger partial charge in [-0.25, -0.2) is 4.98 Å². The van der Waals surface area contributed by atoms with Gasteiger partial charge in [0.2, 0.25) is 0 Å². The summed E-state index contributed by atoms with van der Waals surface area (Å²) in [5, 5.41) is 0. The Labute approximate surface area is 60.9 Å². The SMILES string of the molecule is C[C@@H](CN)Cn1ccnc1. The van der Waals surface area contributed by atoms with Crippen molar-refractivity contribution in [1.82, 2.24) is 9.55 Å². The maximum absolute atomic E-state index is 5.45. The molecule has 10 heavy (non-hydrogen) atoms. The van der Waals surface area contributed by atoms with E-state index in [0.717, 1.165) is 13.1 Å². The van der Waals surface area contributed by atoms with Crippen LogP contribution in [0.3, 0.4) is 0 Å². The summed E-state index contributed by atoms with van der Waals surface area (Å²) < 4.78 is 2.04. The molecule has 0 radical (unpaired) electrons. The van der Waals surface area contributed by atoms with Gasteiger partial charge in [-0.05, 0) is 12.5 Å². The van der Waals surface area contributed by atoms with E-state index in [4.69, 9.17) is 5.73 Å². The molecule has 3 heteroatoms. The van der Waals surface area contributed by atoms with E-state index in [0.29, 0.717) is 5.92 Å². The molecular formula is C7H13N3. The molecule has 0 bridgehead atoms. The van der Waals surface area contributed by atoms with Crippen LogP contribution in [0.25, 0.3) is 0 Å². The minimum absolute atomic E-state index is 0.536. The van der Waals surface area contributed by atoms with E-state index in [9.17, 15) is 0 Å². The summed E-state index contributed by atoms with van der Waals surface area (Å²) in [4.78, 5) is 3.93. The molecule has 56 valence electrons. The fraction of sp³-hybridized carbons (Fsp3) is 0.571. The van der Waals surface area contributed by atoms with Crippen LogP contribution in [0.2, 0.25) is 0 Å². The highest BCUT2D eigenvalue weighted by atomic mass is 15.0. The minimum atomic E-state index is 0.536. The standard InChI is InChI=1S/C7H13N3/c1-7(4-8)5-10-3-2-9-6-10/h2-3,6-7H,4-5,8H2,1H3/t7-/m0/s1. The summed E-state index contributed by atoms with van der Waals surface area (Å²) in [6, 6.07) is 0. The number of rotatable bonds is 3. The third-order valence-corrected chi connectivity index (χ3v) is 1.48. The molecule has 1 aromatic heterocycles. The summed E-state index contributed by atoms with van der Waals surface area (Å²) in [6.07, 6.45) is 5.54. The molecule has 0 aromatic carbocycles. The Balaban J connectivity index is 2.40. The third-order valence-electron chi connectivity index (χ3n) is 1.48. The van der Waals surface area contributed by atoms with Crippen molar-refractivity contribution < 1.29 is 0 Å². The van der Waals surface area contributed by atoms with Crippen LogP contribution in [0, 0.1) is 5.92 Å². The van der Waals surface area contributed by atoms with Crippen LogP contribution in [0.5, 0.6) is 0 Å². The molecular weight excluding hydrogens is 126 g/mol. The van der Waals surface area contributed by atoms with Gasteiger partial charge in [0.25, 0.3) is 0 Å². The van der Waals surface area contributed by atoms with Gasteiger partial charge in [0.05, 0.1) is 6.33 Å². The Bertz CT molecular complexity index is 169. The molecule has 0 aliphatic heterocycles. The van der Waals surface area contributed by atoms with Crippen LogP contribution in [-0.2, 0) is 6.54 Å². The summed E-state index contributed by atoms with van der Waals surface area (Å²) in [6.45, 7) is 3.83. The van der Waals surface area contributed by atoms with E-state index in [2.05, 4.69) is 11.9 Å². The predicted octanol–water partition coefficient (Wildman–Crippen LogP) is 0.478. The fourth-order valence-corrected chi connectivity index (χ4v) is 0.829. The molecule has 1 aromatic rings. The molecule has 3 nitrogen and oxygen atoms in total. The molecule has 0 fully saturated rings. The number of nitrogens with zero attached hydrogens (tertiary/aromatic N) is 2. The van der Waals surface area contributed by atoms with E-state index in [-0.39, 0.29) is 0 Å². The van der Waals surface area contributed by atoms with Crippen LogP contribution in [-0.4, -0.2) is 16.1 Å². The highest BCUT2D eigenvalue weighted by Gasteiger charge is 1.97. The lowest BCUT2D eigenvalue weighted by molar-refractivity contribution is 0.491. The number of imidazole rings is 1. The topological polar surface area (TPSA) is 43.8 Å². The first-order valence-corrected chi connectivity index (χ1v) is 3.48. The zero-order valence-electron chi connectivity index (χ0n) is 6.20. The lowest BCUT2D eigenvalue weighted by Crippen LogP contribution is -2.16. The third kappa shape index (κ3) is 1.84. The van der Waals surface area contributed by atoms with Crippen molar-refractivity contribution in [2.45, 2.75) is 13.5 Å². The number of hydrogen-bond acceptors (Lipinski definition) is 2. The molecule has 0 aliphatic carbocycles. The van der Waals surface area contributed by atoms with E-state index >= 15 is 0 Å². The Morgan fingerprint density at radius 1 is 1.70 bits per heavy atom. The molecule has 0 saturated carbocycles. The highest BCUT2D eigenvalue weighted by molar-refractivity contribution is 4.74. The van der Waals surface area contributed by atoms with Gasteiger partial charge in [-0.15, -0.1) is 0 Å². The van der Waals surface area contributed by atoms with Gasteiger partial charge in [0.15, 0.2) is 0 Å². The molecule has 0 amide bonds. The molecule has 0 unspecified atom stereocenters. The van der Waals surface area contributed by atoms with Crippen molar-refractivity contribution in [3.8, 4) is 0 Å². The molecule has 2 N–H and O–H groups in total. The zero-order chi connectivity index (χ0) is 7.40. The molecule has 0 spiro atoms. The second kappa shape index (κ2) is 3.37. The van der Waals surface area contributed by atoms with Gasteiger partial charge >= 0.3 is 0 Å². The van der Waals surface area contributed by atoms with Gasteiger partial charge in [-0.3, -0.25) is 0 Å². The van der Waals surface area contributed by atoms with Crippen molar-refractivity contribution in [2.24, 2.45) is 11.7 Å². The van der Waals surface area contributed by atoms with E-state index < -0.39 is 0 Å². The smallest absolute Gasteiger partial charge is 0.0946 e. The molecule has 0 saturated heterocycles. The first-order valence-electron chi connectivity index (χ1n) is 3.48. The monoisotopic (exact) mass is 139 g/mol. The maximum Gasteiger partial charge on any atom is 0.0946 e. The van der Waals surface area contributed by atoms with Gasteiger partial charge in [-0.1, -0.05) is 6.92 Å². The lowest BCUT2D eigenvalue weighted by atomic mass is 10.2. The van der Waals surface area contributed by atoms with Gasteiger partial charge in [0, 0.05) is 18.9 Å². The van der Waals surface area contributed by atoms with Crippen LogP contribution in [0.4, 0.5) is 0 Å².